The van der Waals surface area contributed by atoms with Gasteiger partial charge in [0.25, 0.3) is 0 Å². The summed E-state index contributed by atoms with van der Waals surface area (Å²) in [5, 5.41) is 0.185. The average Bonchev–Trinajstić information content (AvgIpc) is 2.46. The van der Waals surface area contributed by atoms with Gasteiger partial charge >= 0.3 is 6.18 Å². The van der Waals surface area contributed by atoms with E-state index in [0.717, 1.165) is 5.56 Å². The van der Waals surface area contributed by atoms with Crippen LogP contribution < -0.4 is 4.90 Å². The maximum absolute atomic E-state index is 13.1. The van der Waals surface area contributed by atoms with Gasteiger partial charge in [-0.1, -0.05) is 52.3 Å². The molecule has 2 aromatic carbocycles. The SMILES string of the molecule is CN(Cc1ccccc1)c1ccc(CBr)c(C(F)(F)F)c1. The summed E-state index contributed by atoms with van der Waals surface area (Å²) < 4.78 is 39.2. The van der Waals surface area contributed by atoms with Gasteiger partial charge in [0.1, 0.15) is 0 Å². The van der Waals surface area contributed by atoms with E-state index in [1.54, 1.807) is 13.1 Å². The molecule has 2 rings (SSSR count). The maximum Gasteiger partial charge on any atom is 0.416 e. The van der Waals surface area contributed by atoms with E-state index in [0.29, 0.717) is 12.2 Å². The summed E-state index contributed by atoms with van der Waals surface area (Å²) in [5.74, 6) is 0. The van der Waals surface area contributed by atoms with Gasteiger partial charge in [0.05, 0.1) is 5.56 Å². The largest absolute Gasteiger partial charge is 0.416 e. The zero-order chi connectivity index (χ0) is 15.5. The number of anilines is 1. The van der Waals surface area contributed by atoms with Crippen molar-refractivity contribution in [1.82, 2.24) is 0 Å². The van der Waals surface area contributed by atoms with Gasteiger partial charge in [-0.3, -0.25) is 0 Å². The fourth-order valence-corrected chi connectivity index (χ4v) is 2.62. The third-order valence-corrected chi connectivity index (χ3v) is 3.85. The zero-order valence-corrected chi connectivity index (χ0v) is 13.1. The molecule has 0 spiro atoms. The second-order valence-electron chi connectivity index (χ2n) is 4.81. The molecule has 0 heterocycles. The van der Waals surface area contributed by atoms with E-state index in [9.17, 15) is 13.2 Å². The maximum atomic E-state index is 13.1. The summed E-state index contributed by atoms with van der Waals surface area (Å²) in [5.41, 5.74) is 1.27. The highest BCUT2D eigenvalue weighted by Crippen LogP contribution is 2.35. The standard InChI is InChI=1S/C16H15BrF3N/c1-21(11-12-5-3-2-4-6-12)14-8-7-13(10-17)15(9-14)16(18,19)20/h2-9H,10-11H2,1H3. The fourth-order valence-electron chi connectivity index (χ4n) is 2.13. The van der Waals surface area contributed by atoms with Crippen LogP contribution in [0.4, 0.5) is 18.9 Å². The second-order valence-corrected chi connectivity index (χ2v) is 5.38. The predicted molar refractivity (Wildman–Crippen MR) is 82.6 cm³/mol. The molecular weight excluding hydrogens is 343 g/mol. The topological polar surface area (TPSA) is 3.24 Å². The van der Waals surface area contributed by atoms with E-state index in [1.165, 1.54) is 12.1 Å². The monoisotopic (exact) mass is 357 g/mol. The number of rotatable bonds is 4. The first-order valence-corrected chi connectivity index (χ1v) is 7.55. The van der Waals surface area contributed by atoms with Crippen LogP contribution in [0.1, 0.15) is 16.7 Å². The minimum absolute atomic E-state index is 0.185. The molecule has 0 radical (unpaired) electrons. The molecule has 21 heavy (non-hydrogen) atoms. The molecule has 0 N–H and O–H groups in total. The van der Waals surface area contributed by atoms with Gasteiger partial charge in [0.2, 0.25) is 0 Å². The molecule has 2 aromatic rings. The Morgan fingerprint density at radius 1 is 1.05 bits per heavy atom. The Bertz CT molecular complexity index is 596. The molecule has 112 valence electrons. The Balaban J connectivity index is 2.28. The lowest BCUT2D eigenvalue weighted by Gasteiger charge is -2.22. The Kier molecular flexibility index (Phi) is 4.93. The van der Waals surface area contributed by atoms with Crippen LogP contribution in [-0.4, -0.2) is 7.05 Å². The zero-order valence-electron chi connectivity index (χ0n) is 11.5. The lowest BCUT2D eigenvalue weighted by atomic mass is 10.1. The van der Waals surface area contributed by atoms with Gasteiger partial charge in [-0.15, -0.1) is 0 Å². The van der Waals surface area contributed by atoms with E-state index in [1.807, 2.05) is 35.2 Å². The number of halogens is 4. The normalized spacial score (nSPS) is 11.5. The molecule has 0 amide bonds. The highest BCUT2D eigenvalue weighted by molar-refractivity contribution is 9.08. The van der Waals surface area contributed by atoms with Crippen molar-refractivity contribution in [3.63, 3.8) is 0 Å². The van der Waals surface area contributed by atoms with E-state index in [2.05, 4.69) is 15.9 Å². The van der Waals surface area contributed by atoms with Gasteiger partial charge in [-0.2, -0.15) is 13.2 Å². The highest BCUT2D eigenvalue weighted by Gasteiger charge is 2.33. The van der Waals surface area contributed by atoms with Crippen molar-refractivity contribution in [3.05, 3.63) is 65.2 Å². The molecule has 0 saturated heterocycles. The lowest BCUT2D eigenvalue weighted by Crippen LogP contribution is -2.18. The van der Waals surface area contributed by atoms with Crippen molar-refractivity contribution in [3.8, 4) is 0 Å². The second kappa shape index (κ2) is 6.52. The Morgan fingerprint density at radius 2 is 1.71 bits per heavy atom. The van der Waals surface area contributed by atoms with E-state index < -0.39 is 11.7 Å². The Morgan fingerprint density at radius 3 is 2.29 bits per heavy atom. The molecule has 0 aliphatic heterocycles. The van der Waals surface area contributed by atoms with Crippen LogP contribution in [0.5, 0.6) is 0 Å². The van der Waals surface area contributed by atoms with Crippen molar-refractivity contribution < 1.29 is 13.2 Å². The van der Waals surface area contributed by atoms with Crippen LogP contribution in [0, 0.1) is 0 Å². The van der Waals surface area contributed by atoms with Gasteiger partial charge < -0.3 is 4.90 Å². The summed E-state index contributed by atoms with van der Waals surface area (Å²) in [6.45, 7) is 0.561. The molecular formula is C16H15BrF3N. The number of benzene rings is 2. The van der Waals surface area contributed by atoms with E-state index in [-0.39, 0.29) is 10.9 Å². The van der Waals surface area contributed by atoms with Crippen LogP contribution in [0.2, 0.25) is 0 Å². The molecule has 1 nitrogen and oxygen atoms in total. The van der Waals surface area contributed by atoms with Crippen LogP contribution >= 0.6 is 15.9 Å². The highest BCUT2D eigenvalue weighted by atomic mass is 79.9. The molecule has 0 aliphatic rings. The Hall–Kier alpha value is -1.49. The smallest absolute Gasteiger partial charge is 0.370 e. The van der Waals surface area contributed by atoms with Crippen molar-refractivity contribution in [2.45, 2.75) is 18.1 Å². The minimum atomic E-state index is -4.34. The minimum Gasteiger partial charge on any atom is -0.370 e. The van der Waals surface area contributed by atoms with E-state index >= 15 is 0 Å². The summed E-state index contributed by atoms with van der Waals surface area (Å²) in [7, 11) is 1.79. The van der Waals surface area contributed by atoms with Crippen molar-refractivity contribution in [2.75, 3.05) is 11.9 Å². The van der Waals surface area contributed by atoms with Crippen molar-refractivity contribution in [2.24, 2.45) is 0 Å². The first-order chi connectivity index (χ1) is 9.91. The quantitative estimate of drug-likeness (QED) is 0.676. The molecule has 0 bridgehead atoms. The van der Waals surface area contributed by atoms with Crippen LogP contribution in [0.15, 0.2) is 48.5 Å². The van der Waals surface area contributed by atoms with Crippen LogP contribution in [0.3, 0.4) is 0 Å². The summed E-state index contributed by atoms with van der Waals surface area (Å²) in [6.07, 6.45) is -4.34. The van der Waals surface area contributed by atoms with Gasteiger partial charge in [0.15, 0.2) is 0 Å². The van der Waals surface area contributed by atoms with Crippen LogP contribution in [0.25, 0.3) is 0 Å². The first kappa shape index (κ1) is 15.9. The number of alkyl halides is 4. The molecule has 5 heteroatoms. The molecule has 0 fully saturated rings. The number of hydrogen-bond acceptors (Lipinski definition) is 1. The molecule has 0 aliphatic carbocycles. The van der Waals surface area contributed by atoms with Gasteiger partial charge in [0, 0.05) is 24.6 Å². The van der Waals surface area contributed by atoms with Crippen molar-refractivity contribution in [1.29, 1.82) is 0 Å². The third kappa shape index (κ3) is 4.00. The third-order valence-electron chi connectivity index (χ3n) is 3.25. The average molecular weight is 358 g/mol. The first-order valence-electron chi connectivity index (χ1n) is 6.43. The van der Waals surface area contributed by atoms with Crippen molar-refractivity contribution >= 4 is 21.6 Å². The summed E-state index contributed by atoms with van der Waals surface area (Å²) in [4.78, 5) is 1.81. The predicted octanol–water partition coefficient (Wildman–Crippen LogP) is 5.24. The summed E-state index contributed by atoms with van der Waals surface area (Å²) in [6, 6.07) is 14.1. The number of hydrogen-bond donors (Lipinski definition) is 0. The Labute approximate surface area is 130 Å². The fraction of sp³-hybridized carbons (Fsp3) is 0.250. The van der Waals surface area contributed by atoms with Gasteiger partial charge in [-0.25, -0.2) is 0 Å². The number of nitrogens with zero attached hydrogens (tertiary/aromatic N) is 1. The lowest BCUT2D eigenvalue weighted by molar-refractivity contribution is -0.138. The summed E-state index contributed by atoms with van der Waals surface area (Å²) >= 11 is 3.10. The molecule has 0 aromatic heterocycles. The molecule has 0 saturated carbocycles. The molecule has 0 atom stereocenters. The van der Waals surface area contributed by atoms with E-state index in [4.69, 9.17) is 0 Å². The van der Waals surface area contributed by atoms with Crippen LogP contribution in [-0.2, 0) is 18.1 Å². The van der Waals surface area contributed by atoms with Gasteiger partial charge in [-0.05, 0) is 23.3 Å². The molecule has 0 unspecified atom stereocenters.